The lowest BCUT2D eigenvalue weighted by Gasteiger charge is -2.26. The van der Waals surface area contributed by atoms with Gasteiger partial charge in [0.25, 0.3) is 5.56 Å². The van der Waals surface area contributed by atoms with Gasteiger partial charge in [-0.1, -0.05) is 11.3 Å². The minimum Gasteiger partial charge on any atom is -0.497 e. The van der Waals surface area contributed by atoms with Gasteiger partial charge in [0, 0.05) is 31.8 Å². The van der Waals surface area contributed by atoms with Gasteiger partial charge in [-0.2, -0.15) is 0 Å². The van der Waals surface area contributed by atoms with E-state index in [4.69, 9.17) is 18.6 Å². The van der Waals surface area contributed by atoms with Crippen LogP contribution in [-0.4, -0.2) is 45.5 Å². The van der Waals surface area contributed by atoms with Crippen molar-refractivity contribution in [3.63, 3.8) is 0 Å². The van der Waals surface area contributed by atoms with Crippen LogP contribution in [0.15, 0.2) is 55.8 Å². The average molecular weight is 498 g/mol. The van der Waals surface area contributed by atoms with Crippen LogP contribution in [0.4, 0.5) is 5.88 Å². The van der Waals surface area contributed by atoms with Crippen LogP contribution in [0, 0.1) is 0 Å². The fraction of sp³-hybridized carbons (Fsp3) is 0.320. The molecule has 0 saturated heterocycles. The summed E-state index contributed by atoms with van der Waals surface area (Å²) in [6, 6.07) is 8.07. The molecule has 0 spiro atoms. The van der Waals surface area contributed by atoms with Gasteiger partial charge in [0.15, 0.2) is 10.7 Å². The number of benzene rings is 1. The van der Waals surface area contributed by atoms with Crippen molar-refractivity contribution in [3.8, 4) is 11.5 Å². The van der Waals surface area contributed by atoms with E-state index < -0.39 is 12.0 Å². The van der Waals surface area contributed by atoms with E-state index in [9.17, 15) is 9.59 Å². The van der Waals surface area contributed by atoms with Gasteiger partial charge in [-0.3, -0.25) is 9.36 Å². The molecule has 3 heterocycles. The summed E-state index contributed by atoms with van der Waals surface area (Å²) in [5.74, 6) is 1.73. The Hall–Kier alpha value is -3.79. The SMILES string of the molecule is CCOC(=O)C1=C(C)N=c2sc(=Cc3ccc(N(C)C)o3)c(=O)n2[C@@H]1c1cc(OC)ccc1OC. The Bertz CT molecular complexity index is 1480. The Kier molecular flexibility index (Phi) is 6.83. The first-order valence-electron chi connectivity index (χ1n) is 11.0. The minimum absolute atomic E-state index is 0.189. The van der Waals surface area contributed by atoms with Crippen LogP contribution < -0.4 is 29.3 Å². The van der Waals surface area contributed by atoms with Crippen LogP contribution in [0.3, 0.4) is 0 Å². The highest BCUT2D eigenvalue weighted by Gasteiger charge is 2.35. The molecule has 0 N–H and O–H groups in total. The molecular formula is C25H27N3O6S. The monoisotopic (exact) mass is 497 g/mol. The summed E-state index contributed by atoms with van der Waals surface area (Å²) in [5, 5.41) is 0. The molecule has 0 radical (unpaired) electrons. The highest BCUT2D eigenvalue weighted by molar-refractivity contribution is 7.07. The number of fused-ring (bicyclic) bond motifs is 1. The molecule has 0 unspecified atom stereocenters. The molecule has 0 saturated carbocycles. The zero-order chi connectivity index (χ0) is 25.3. The zero-order valence-electron chi connectivity index (χ0n) is 20.4. The topological polar surface area (TPSA) is 95.5 Å². The van der Waals surface area contributed by atoms with Gasteiger partial charge in [-0.25, -0.2) is 9.79 Å². The number of allylic oxidation sites excluding steroid dienone is 1. The molecule has 35 heavy (non-hydrogen) atoms. The Labute approximate surface area is 206 Å². The normalized spacial score (nSPS) is 15.5. The Morgan fingerprint density at radius 2 is 2.00 bits per heavy atom. The van der Waals surface area contributed by atoms with Gasteiger partial charge in [0.1, 0.15) is 23.3 Å². The number of carbonyl (C=O) groups excluding carboxylic acids is 1. The zero-order valence-corrected chi connectivity index (χ0v) is 21.3. The van der Waals surface area contributed by atoms with Crippen LogP contribution in [-0.2, 0) is 9.53 Å². The molecule has 2 aromatic heterocycles. The quantitative estimate of drug-likeness (QED) is 0.463. The lowest BCUT2D eigenvalue weighted by Crippen LogP contribution is -2.40. The summed E-state index contributed by atoms with van der Waals surface area (Å²) in [6.07, 6.45) is 1.68. The molecule has 10 heteroatoms. The molecule has 0 fully saturated rings. The van der Waals surface area contributed by atoms with Gasteiger partial charge >= 0.3 is 5.97 Å². The smallest absolute Gasteiger partial charge is 0.338 e. The number of esters is 1. The number of rotatable bonds is 7. The van der Waals surface area contributed by atoms with Crippen molar-refractivity contribution in [3.05, 3.63) is 72.6 Å². The van der Waals surface area contributed by atoms with Gasteiger partial charge in [0.2, 0.25) is 0 Å². The van der Waals surface area contributed by atoms with E-state index in [0.29, 0.717) is 43.7 Å². The third-order valence-corrected chi connectivity index (χ3v) is 6.56. The summed E-state index contributed by atoms with van der Waals surface area (Å²) in [5.41, 5.74) is 1.02. The number of aromatic nitrogens is 1. The second-order valence-corrected chi connectivity index (χ2v) is 8.99. The van der Waals surface area contributed by atoms with Crippen molar-refractivity contribution >= 4 is 29.3 Å². The minimum atomic E-state index is -0.813. The fourth-order valence-corrected chi connectivity index (χ4v) is 4.95. The fourth-order valence-electron chi connectivity index (χ4n) is 3.93. The maximum Gasteiger partial charge on any atom is 0.338 e. The number of thiazole rings is 1. The second kappa shape index (κ2) is 9.83. The lowest BCUT2D eigenvalue weighted by atomic mass is 9.95. The number of anilines is 1. The number of methoxy groups -OCH3 is 2. The maximum atomic E-state index is 13.7. The molecule has 0 bridgehead atoms. The Morgan fingerprint density at radius 1 is 1.23 bits per heavy atom. The molecule has 0 amide bonds. The number of carbonyl (C=O) groups is 1. The van der Waals surface area contributed by atoms with E-state index in [0.717, 1.165) is 0 Å². The summed E-state index contributed by atoms with van der Waals surface area (Å²) in [4.78, 5) is 33.7. The van der Waals surface area contributed by atoms with Crippen LogP contribution in [0.5, 0.6) is 11.5 Å². The van der Waals surface area contributed by atoms with Gasteiger partial charge < -0.3 is 23.5 Å². The molecule has 1 aliphatic rings. The molecule has 1 aromatic carbocycles. The first kappa shape index (κ1) is 24.3. The molecule has 1 aliphatic heterocycles. The highest BCUT2D eigenvalue weighted by atomic mass is 32.1. The molecule has 0 aliphatic carbocycles. The van der Waals surface area contributed by atoms with Crippen molar-refractivity contribution in [2.75, 3.05) is 39.8 Å². The maximum absolute atomic E-state index is 13.7. The third-order valence-electron chi connectivity index (χ3n) is 5.58. The summed E-state index contributed by atoms with van der Waals surface area (Å²) in [7, 11) is 6.83. The first-order chi connectivity index (χ1) is 16.8. The van der Waals surface area contributed by atoms with E-state index in [1.807, 2.05) is 25.1 Å². The molecule has 1 atom stereocenters. The Morgan fingerprint density at radius 3 is 2.63 bits per heavy atom. The predicted molar refractivity (Wildman–Crippen MR) is 133 cm³/mol. The summed E-state index contributed by atoms with van der Waals surface area (Å²) >= 11 is 1.22. The molecule has 184 valence electrons. The lowest BCUT2D eigenvalue weighted by molar-refractivity contribution is -0.139. The number of hydrogen-bond acceptors (Lipinski definition) is 9. The number of hydrogen-bond donors (Lipinski definition) is 0. The van der Waals surface area contributed by atoms with Crippen molar-refractivity contribution in [2.45, 2.75) is 19.9 Å². The van der Waals surface area contributed by atoms with Crippen molar-refractivity contribution in [1.29, 1.82) is 0 Å². The molecule has 3 aromatic rings. The van der Waals surface area contributed by atoms with E-state index in [1.54, 1.807) is 51.3 Å². The number of nitrogens with zero attached hydrogens (tertiary/aromatic N) is 3. The number of furan rings is 1. The molecule has 4 rings (SSSR count). The van der Waals surface area contributed by atoms with E-state index in [2.05, 4.69) is 4.99 Å². The standard InChI is InChI=1S/C25H27N3O6S/c1-7-33-24(30)21-14(2)26-25-28(22(21)17-12-15(31-5)8-10-18(17)32-6)23(29)19(35-25)13-16-9-11-20(34-16)27(3)4/h8-13,22H,7H2,1-6H3/t22-/m1/s1. The summed E-state index contributed by atoms with van der Waals surface area (Å²) in [6.45, 7) is 3.66. The predicted octanol–water partition coefficient (Wildman–Crippen LogP) is 2.47. The van der Waals surface area contributed by atoms with E-state index in [1.165, 1.54) is 23.0 Å². The van der Waals surface area contributed by atoms with Crippen LogP contribution in [0.1, 0.15) is 31.2 Å². The van der Waals surface area contributed by atoms with E-state index >= 15 is 0 Å². The van der Waals surface area contributed by atoms with Crippen LogP contribution in [0.25, 0.3) is 6.08 Å². The average Bonchev–Trinajstić information content (AvgIpc) is 3.42. The van der Waals surface area contributed by atoms with Crippen molar-refractivity contribution < 1.29 is 23.4 Å². The van der Waals surface area contributed by atoms with Gasteiger partial charge in [0.05, 0.1) is 36.6 Å². The van der Waals surface area contributed by atoms with Crippen molar-refractivity contribution in [2.24, 2.45) is 4.99 Å². The largest absolute Gasteiger partial charge is 0.497 e. The molecule has 9 nitrogen and oxygen atoms in total. The number of ether oxygens (including phenoxy) is 3. The van der Waals surface area contributed by atoms with Gasteiger partial charge in [-0.15, -0.1) is 0 Å². The summed E-state index contributed by atoms with van der Waals surface area (Å²) < 4.78 is 24.1. The van der Waals surface area contributed by atoms with E-state index in [-0.39, 0.29) is 17.7 Å². The van der Waals surface area contributed by atoms with Crippen LogP contribution in [0.2, 0.25) is 0 Å². The van der Waals surface area contributed by atoms with Crippen molar-refractivity contribution in [1.82, 2.24) is 4.57 Å². The second-order valence-electron chi connectivity index (χ2n) is 7.98. The third kappa shape index (κ3) is 4.49. The molecular weight excluding hydrogens is 470 g/mol. The Balaban J connectivity index is 1.98. The first-order valence-corrected chi connectivity index (χ1v) is 11.8. The van der Waals surface area contributed by atoms with Crippen LogP contribution >= 0.6 is 11.3 Å². The highest BCUT2D eigenvalue weighted by Crippen LogP contribution is 2.37. The van der Waals surface area contributed by atoms with Gasteiger partial charge in [-0.05, 0) is 38.1 Å².